The van der Waals surface area contributed by atoms with Gasteiger partial charge in [0, 0.05) is 22.7 Å². The first kappa shape index (κ1) is 31.6. The number of nitrogens with zero attached hydrogens (tertiary/aromatic N) is 2. The highest BCUT2D eigenvalue weighted by Crippen LogP contribution is 2.39. The van der Waals surface area contributed by atoms with Crippen LogP contribution in [-0.2, 0) is 0 Å². The molecule has 0 aliphatic heterocycles. The van der Waals surface area contributed by atoms with E-state index >= 15 is 0 Å². The summed E-state index contributed by atoms with van der Waals surface area (Å²) in [4.78, 5) is 10.5. The van der Waals surface area contributed by atoms with E-state index in [-0.39, 0.29) is 5.92 Å². The monoisotopic (exact) mass is 666 g/mol. The molecular weight excluding hydrogens is 629 g/mol. The number of hydrogen-bond acceptors (Lipinski definition) is 2. The molecule has 9 rings (SSSR count). The van der Waals surface area contributed by atoms with Crippen LogP contribution >= 0.6 is 0 Å². The molecule has 2 heterocycles. The van der Waals surface area contributed by atoms with Gasteiger partial charge in [-0.25, -0.2) is 4.98 Å². The maximum atomic E-state index is 5.26. The van der Waals surface area contributed by atoms with E-state index in [9.17, 15) is 0 Å². The Hall–Kier alpha value is -6.38. The molecule has 1 unspecified atom stereocenters. The summed E-state index contributed by atoms with van der Waals surface area (Å²) in [5.41, 5.74) is 14.6. The lowest BCUT2D eigenvalue weighted by Crippen LogP contribution is -2.02. The van der Waals surface area contributed by atoms with Gasteiger partial charge in [0.1, 0.15) is 0 Å². The predicted octanol–water partition coefficient (Wildman–Crippen LogP) is 13.3. The molecule has 248 valence electrons. The highest BCUT2D eigenvalue weighted by Gasteiger charge is 2.18. The van der Waals surface area contributed by atoms with Crippen LogP contribution in [0.4, 0.5) is 0 Å². The van der Waals surface area contributed by atoms with Gasteiger partial charge in [-0.3, -0.25) is 4.98 Å². The fourth-order valence-corrected chi connectivity index (χ4v) is 7.49. The van der Waals surface area contributed by atoms with Crippen molar-refractivity contribution < 1.29 is 0 Å². The second kappa shape index (κ2) is 14.1. The first-order valence-electron chi connectivity index (χ1n) is 18.2. The van der Waals surface area contributed by atoms with E-state index in [1.54, 1.807) is 0 Å². The molecule has 52 heavy (non-hydrogen) atoms. The summed E-state index contributed by atoms with van der Waals surface area (Å²) in [6.45, 7) is 0. The third-order valence-electron chi connectivity index (χ3n) is 10.2. The fraction of sp³-hybridized carbons (Fsp3) is 0.0800. The Morgan fingerprint density at radius 3 is 1.81 bits per heavy atom. The van der Waals surface area contributed by atoms with Gasteiger partial charge in [-0.15, -0.1) is 0 Å². The molecular formula is C50H38N2. The summed E-state index contributed by atoms with van der Waals surface area (Å²) >= 11 is 0. The molecule has 7 aromatic rings. The molecule has 2 aromatic heterocycles. The molecule has 0 amide bonds. The molecule has 2 nitrogen and oxygen atoms in total. The Morgan fingerprint density at radius 1 is 0.462 bits per heavy atom. The number of hydrogen-bond donors (Lipinski definition) is 0. The van der Waals surface area contributed by atoms with Gasteiger partial charge in [-0.2, -0.15) is 0 Å². The van der Waals surface area contributed by atoms with E-state index < -0.39 is 0 Å². The van der Waals surface area contributed by atoms with E-state index in [0.29, 0.717) is 0 Å². The third kappa shape index (κ3) is 6.48. The van der Waals surface area contributed by atoms with Gasteiger partial charge in [-0.05, 0) is 111 Å². The molecule has 0 saturated carbocycles. The van der Waals surface area contributed by atoms with Crippen molar-refractivity contribution in [3.63, 3.8) is 0 Å². The summed E-state index contributed by atoms with van der Waals surface area (Å²) in [5, 5.41) is 2.48. The molecule has 0 saturated heterocycles. The van der Waals surface area contributed by atoms with Crippen LogP contribution in [-0.4, -0.2) is 9.97 Å². The first-order valence-corrected chi connectivity index (χ1v) is 18.2. The van der Waals surface area contributed by atoms with Gasteiger partial charge >= 0.3 is 0 Å². The summed E-state index contributed by atoms with van der Waals surface area (Å²) in [5.74, 6) is 0.224. The molecule has 0 fully saturated rings. The van der Waals surface area contributed by atoms with Crippen molar-refractivity contribution in [3.8, 4) is 55.9 Å². The van der Waals surface area contributed by atoms with Gasteiger partial charge in [0.2, 0.25) is 0 Å². The topological polar surface area (TPSA) is 25.8 Å². The largest absolute Gasteiger partial charge is 0.252 e. The van der Waals surface area contributed by atoms with E-state index in [0.717, 1.165) is 75.4 Å². The minimum atomic E-state index is 0.224. The Bertz CT molecular complexity index is 2530. The zero-order valence-electron chi connectivity index (χ0n) is 29.0. The number of fused-ring (bicyclic) bond motifs is 1. The van der Waals surface area contributed by atoms with E-state index in [2.05, 4.69) is 188 Å². The molecule has 0 spiro atoms. The summed E-state index contributed by atoms with van der Waals surface area (Å²) < 4.78 is 0. The maximum absolute atomic E-state index is 5.26. The Labute approximate surface area is 305 Å². The highest BCUT2D eigenvalue weighted by molar-refractivity contribution is 5.98. The van der Waals surface area contributed by atoms with Gasteiger partial charge in [0.15, 0.2) is 0 Å². The highest BCUT2D eigenvalue weighted by atomic mass is 14.7. The van der Waals surface area contributed by atoms with Gasteiger partial charge in [-0.1, -0.05) is 146 Å². The van der Waals surface area contributed by atoms with Crippen LogP contribution in [0.1, 0.15) is 36.6 Å². The van der Waals surface area contributed by atoms with E-state index in [1.165, 1.54) is 27.5 Å². The third-order valence-corrected chi connectivity index (χ3v) is 10.2. The maximum Gasteiger partial charge on any atom is 0.0715 e. The van der Waals surface area contributed by atoms with Crippen molar-refractivity contribution >= 4 is 16.3 Å². The number of aromatic nitrogens is 2. The van der Waals surface area contributed by atoms with Crippen LogP contribution < -0.4 is 0 Å². The lowest BCUT2D eigenvalue weighted by Gasteiger charge is -2.18. The molecule has 5 aromatic carbocycles. The number of benzene rings is 5. The zero-order valence-corrected chi connectivity index (χ0v) is 29.0. The van der Waals surface area contributed by atoms with Crippen LogP contribution in [0.25, 0.3) is 72.2 Å². The number of rotatable bonds is 7. The van der Waals surface area contributed by atoms with E-state index in [1.807, 2.05) is 0 Å². The van der Waals surface area contributed by atoms with Crippen LogP contribution in [0.2, 0.25) is 0 Å². The smallest absolute Gasteiger partial charge is 0.0715 e. The normalized spacial score (nSPS) is 15.2. The molecule has 0 N–H and O–H groups in total. The van der Waals surface area contributed by atoms with Gasteiger partial charge < -0.3 is 0 Å². The second-order valence-corrected chi connectivity index (χ2v) is 13.7. The lowest BCUT2D eigenvalue weighted by molar-refractivity contribution is 0.818. The van der Waals surface area contributed by atoms with Gasteiger partial charge in [0.05, 0.1) is 17.1 Å². The van der Waals surface area contributed by atoms with Crippen molar-refractivity contribution in [1.82, 2.24) is 9.97 Å². The standard InChI is InChI=1S/C50H38N2/c1-5-17-36(18-6-1)47-31-42(32-48(51-47)37-19-7-2-8-20-37)40-28-41(30-44(29-40)46-27-15-25-35-16-13-14-26-45(35)46)43-33-49(38-21-9-3-10-22-38)52-50(34-43)39-23-11-4-12-24-39/h1-11,13-19,21-23,25-34,37H,12,20,24H2. The molecule has 2 aliphatic rings. The summed E-state index contributed by atoms with van der Waals surface area (Å²) in [7, 11) is 0. The Balaban J connectivity index is 1.29. The predicted molar refractivity (Wildman–Crippen MR) is 219 cm³/mol. The Kier molecular flexibility index (Phi) is 8.56. The SMILES string of the molecule is C1=CCCC(c2cc(-c3cc(-c4cc(-c5ccccc5)nc(C5C=CC=CC5)c4)cc(-c4cccc5ccccc45)c3)cc(-c3ccccc3)n2)=C1. The quantitative estimate of drug-likeness (QED) is 0.169. The summed E-state index contributed by atoms with van der Waals surface area (Å²) in [6.07, 6.45) is 18.4. The van der Waals surface area contributed by atoms with Crippen molar-refractivity contribution in [2.45, 2.75) is 25.2 Å². The van der Waals surface area contributed by atoms with Crippen molar-refractivity contribution in [2.24, 2.45) is 0 Å². The number of pyridine rings is 2. The average Bonchev–Trinajstić information content (AvgIpc) is 3.24. The fourth-order valence-electron chi connectivity index (χ4n) is 7.49. The molecule has 1 atom stereocenters. The Morgan fingerprint density at radius 2 is 1.10 bits per heavy atom. The van der Waals surface area contributed by atoms with Crippen LogP contribution in [0.3, 0.4) is 0 Å². The summed E-state index contributed by atoms with van der Waals surface area (Å²) in [6, 6.07) is 52.6. The van der Waals surface area contributed by atoms with Crippen LogP contribution in [0, 0.1) is 0 Å². The van der Waals surface area contributed by atoms with Crippen molar-refractivity contribution in [3.05, 3.63) is 200 Å². The molecule has 2 heteroatoms. The van der Waals surface area contributed by atoms with Crippen molar-refractivity contribution in [1.29, 1.82) is 0 Å². The second-order valence-electron chi connectivity index (χ2n) is 13.7. The zero-order chi connectivity index (χ0) is 34.7. The van der Waals surface area contributed by atoms with Crippen molar-refractivity contribution in [2.75, 3.05) is 0 Å². The van der Waals surface area contributed by atoms with Gasteiger partial charge in [0.25, 0.3) is 0 Å². The van der Waals surface area contributed by atoms with Crippen LogP contribution in [0.15, 0.2) is 188 Å². The molecule has 0 bridgehead atoms. The minimum Gasteiger partial charge on any atom is -0.252 e. The lowest BCUT2D eigenvalue weighted by atomic mass is 9.89. The minimum absolute atomic E-state index is 0.224. The molecule has 0 radical (unpaired) electrons. The number of allylic oxidation sites excluding steroid dienone is 8. The first-order chi connectivity index (χ1) is 25.7. The van der Waals surface area contributed by atoms with Crippen LogP contribution in [0.5, 0.6) is 0 Å². The molecule has 2 aliphatic carbocycles. The van der Waals surface area contributed by atoms with E-state index in [4.69, 9.17) is 9.97 Å². The average molecular weight is 667 g/mol.